The Hall–Kier alpha value is -3.80. The van der Waals surface area contributed by atoms with Crippen LogP contribution < -0.4 is 9.47 Å². The second kappa shape index (κ2) is 9.41. The summed E-state index contributed by atoms with van der Waals surface area (Å²) in [4.78, 5) is 15.7. The standard InChI is InChI=1S/C23H21NO5/c1-2-21(23(26)27)22-9-4-3-7-16(22)14-28-19-11-18(25)12-20(13-19)29-15-17-8-5-6-10-24-17/h2-13,25H,14-15H2,1H3,(H,26,27). The van der Waals surface area contributed by atoms with E-state index in [2.05, 4.69) is 4.98 Å². The van der Waals surface area contributed by atoms with Crippen LogP contribution in [0.2, 0.25) is 0 Å². The second-order valence-corrected chi connectivity index (χ2v) is 6.23. The van der Waals surface area contributed by atoms with Crippen molar-refractivity contribution in [3.63, 3.8) is 0 Å². The van der Waals surface area contributed by atoms with E-state index < -0.39 is 5.97 Å². The fourth-order valence-electron chi connectivity index (χ4n) is 2.83. The molecule has 0 bridgehead atoms. The Kier molecular flexibility index (Phi) is 6.47. The lowest BCUT2D eigenvalue weighted by atomic mass is 10.00. The van der Waals surface area contributed by atoms with Gasteiger partial charge in [-0.3, -0.25) is 4.98 Å². The summed E-state index contributed by atoms with van der Waals surface area (Å²) in [6.45, 7) is 2.08. The van der Waals surface area contributed by atoms with E-state index in [-0.39, 0.29) is 24.5 Å². The highest BCUT2D eigenvalue weighted by Crippen LogP contribution is 2.29. The van der Waals surface area contributed by atoms with Gasteiger partial charge < -0.3 is 19.7 Å². The highest BCUT2D eigenvalue weighted by Gasteiger charge is 2.14. The number of aromatic nitrogens is 1. The molecule has 0 radical (unpaired) electrons. The Bertz CT molecular complexity index is 1010. The molecular formula is C23H21NO5. The zero-order valence-corrected chi connectivity index (χ0v) is 15.9. The number of pyridine rings is 1. The summed E-state index contributed by atoms with van der Waals surface area (Å²) in [7, 11) is 0. The molecule has 2 N–H and O–H groups in total. The quantitative estimate of drug-likeness (QED) is 0.552. The van der Waals surface area contributed by atoms with E-state index in [4.69, 9.17) is 9.47 Å². The topological polar surface area (TPSA) is 88.9 Å². The van der Waals surface area contributed by atoms with Crippen molar-refractivity contribution in [1.82, 2.24) is 4.98 Å². The van der Waals surface area contributed by atoms with Crippen molar-refractivity contribution < 1.29 is 24.5 Å². The molecule has 2 aromatic carbocycles. The molecule has 0 fully saturated rings. The number of phenolic OH excluding ortho intramolecular Hbond substituents is 1. The van der Waals surface area contributed by atoms with Crippen molar-refractivity contribution in [2.45, 2.75) is 20.1 Å². The molecule has 1 heterocycles. The molecule has 1 aromatic heterocycles. The molecule has 0 spiro atoms. The number of carbonyl (C=O) groups is 1. The van der Waals surface area contributed by atoms with Crippen LogP contribution in [0.5, 0.6) is 17.2 Å². The summed E-state index contributed by atoms with van der Waals surface area (Å²) in [5, 5.41) is 19.4. The number of carboxylic acid groups (broad SMARTS) is 1. The Morgan fingerprint density at radius 2 is 1.69 bits per heavy atom. The molecule has 6 nitrogen and oxygen atoms in total. The van der Waals surface area contributed by atoms with Crippen molar-refractivity contribution in [3.8, 4) is 17.2 Å². The van der Waals surface area contributed by atoms with Gasteiger partial charge in [-0.25, -0.2) is 4.79 Å². The second-order valence-electron chi connectivity index (χ2n) is 6.23. The Labute approximate surface area is 168 Å². The normalized spacial score (nSPS) is 11.1. The minimum Gasteiger partial charge on any atom is -0.508 e. The number of hydrogen-bond acceptors (Lipinski definition) is 5. The number of carboxylic acids is 1. The van der Waals surface area contributed by atoms with Crippen LogP contribution in [-0.4, -0.2) is 21.2 Å². The zero-order chi connectivity index (χ0) is 20.6. The predicted molar refractivity (Wildman–Crippen MR) is 109 cm³/mol. The van der Waals surface area contributed by atoms with Gasteiger partial charge in [0, 0.05) is 24.4 Å². The number of aromatic hydroxyl groups is 1. The van der Waals surface area contributed by atoms with Gasteiger partial charge in [-0.15, -0.1) is 0 Å². The predicted octanol–water partition coefficient (Wildman–Crippen LogP) is 4.43. The SMILES string of the molecule is CC=C(C(=O)O)c1ccccc1COc1cc(O)cc(OCc2ccccn2)c1. The first-order valence-corrected chi connectivity index (χ1v) is 9.04. The summed E-state index contributed by atoms with van der Waals surface area (Å²) < 4.78 is 11.5. The highest BCUT2D eigenvalue weighted by molar-refractivity contribution is 6.15. The average molecular weight is 391 g/mol. The van der Waals surface area contributed by atoms with E-state index in [1.165, 1.54) is 12.1 Å². The van der Waals surface area contributed by atoms with Crippen molar-refractivity contribution in [2.75, 3.05) is 0 Å². The van der Waals surface area contributed by atoms with Gasteiger partial charge in [0.1, 0.15) is 30.5 Å². The summed E-state index contributed by atoms with van der Waals surface area (Å²) in [6, 6.07) is 17.3. The molecule has 0 saturated heterocycles. The molecule has 0 atom stereocenters. The van der Waals surface area contributed by atoms with Gasteiger partial charge in [0.25, 0.3) is 0 Å². The van der Waals surface area contributed by atoms with Crippen LogP contribution in [0.3, 0.4) is 0 Å². The maximum Gasteiger partial charge on any atom is 0.335 e. The van der Waals surface area contributed by atoms with Crippen LogP contribution >= 0.6 is 0 Å². The Morgan fingerprint density at radius 3 is 2.34 bits per heavy atom. The number of nitrogens with zero attached hydrogens (tertiary/aromatic N) is 1. The lowest BCUT2D eigenvalue weighted by Gasteiger charge is -2.13. The van der Waals surface area contributed by atoms with Crippen molar-refractivity contribution in [3.05, 3.63) is 89.8 Å². The van der Waals surface area contributed by atoms with Gasteiger partial charge in [-0.2, -0.15) is 0 Å². The molecule has 29 heavy (non-hydrogen) atoms. The fourth-order valence-corrected chi connectivity index (χ4v) is 2.83. The van der Waals surface area contributed by atoms with E-state index in [9.17, 15) is 15.0 Å². The minimum absolute atomic E-state index is 0.00600. The van der Waals surface area contributed by atoms with Gasteiger partial charge >= 0.3 is 5.97 Å². The number of aliphatic carboxylic acids is 1. The number of phenols is 1. The van der Waals surface area contributed by atoms with Crippen molar-refractivity contribution >= 4 is 11.5 Å². The minimum atomic E-state index is -0.998. The number of hydrogen-bond donors (Lipinski definition) is 2. The molecule has 0 aliphatic heterocycles. The first kappa shape index (κ1) is 19.9. The van der Waals surface area contributed by atoms with Crippen LogP contribution in [0.4, 0.5) is 0 Å². The van der Waals surface area contributed by atoms with Crippen LogP contribution in [0, 0.1) is 0 Å². The number of allylic oxidation sites excluding steroid dienone is 1. The average Bonchev–Trinajstić information content (AvgIpc) is 2.72. The lowest BCUT2D eigenvalue weighted by molar-refractivity contribution is -0.130. The largest absolute Gasteiger partial charge is 0.508 e. The van der Waals surface area contributed by atoms with Crippen molar-refractivity contribution in [2.24, 2.45) is 0 Å². The summed E-state index contributed by atoms with van der Waals surface area (Å²) >= 11 is 0. The van der Waals surface area contributed by atoms with E-state index in [1.54, 1.807) is 37.4 Å². The Morgan fingerprint density at radius 1 is 1.00 bits per heavy atom. The first-order valence-electron chi connectivity index (χ1n) is 9.04. The molecule has 0 aliphatic rings. The molecule has 148 valence electrons. The van der Waals surface area contributed by atoms with E-state index in [1.807, 2.05) is 30.3 Å². The number of benzene rings is 2. The van der Waals surface area contributed by atoms with Gasteiger partial charge in [0.2, 0.25) is 0 Å². The summed E-state index contributed by atoms with van der Waals surface area (Å²) in [5.41, 5.74) is 2.29. The van der Waals surface area contributed by atoms with Crippen LogP contribution in [0.25, 0.3) is 5.57 Å². The third-order valence-corrected chi connectivity index (χ3v) is 4.20. The number of rotatable bonds is 8. The molecule has 6 heteroatoms. The van der Waals surface area contributed by atoms with Gasteiger partial charge in [-0.1, -0.05) is 36.4 Å². The summed E-state index contributed by atoms with van der Waals surface area (Å²) in [6.07, 6.45) is 3.24. The fraction of sp³-hybridized carbons (Fsp3) is 0.130. The molecule has 0 aliphatic carbocycles. The molecule has 0 amide bonds. The Balaban J connectivity index is 1.73. The zero-order valence-electron chi connectivity index (χ0n) is 15.9. The maximum atomic E-state index is 11.5. The maximum absolute atomic E-state index is 11.5. The van der Waals surface area contributed by atoms with Crippen molar-refractivity contribution in [1.29, 1.82) is 0 Å². The number of ether oxygens (including phenoxy) is 2. The highest BCUT2D eigenvalue weighted by atomic mass is 16.5. The summed E-state index contributed by atoms with van der Waals surface area (Å²) in [5.74, 6) is -0.138. The molecule has 3 aromatic rings. The molecule has 3 rings (SSSR count). The third kappa shape index (κ3) is 5.35. The lowest BCUT2D eigenvalue weighted by Crippen LogP contribution is -2.05. The van der Waals surface area contributed by atoms with Gasteiger partial charge in [0.05, 0.1) is 11.3 Å². The smallest absolute Gasteiger partial charge is 0.335 e. The third-order valence-electron chi connectivity index (χ3n) is 4.20. The van der Waals surface area contributed by atoms with Crippen LogP contribution in [-0.2, 0) is 18.0 Å². The van der Waals surface area contributed by atoms with Gasteiger partial charge in [0.15, 0.2) is 0 Å². The molecule has 0 saturated carbocycles. The first-order chi connectivity index (χ1) is 14.1. The van der Waals surface area contributed by atoms with E-state index >= 15 is 0 Å². The van der Waals surface area contributed by atoms with E-state index in [0.29, 0.717) is 17.1 Å². The molecule has 0 unspecified atom stereocenters. The van der Waals surface area contributed by atoms with Crippen LogP contribution in [0.1, 0.15) is 23.7 Å². The van der Waals surface area contributed by atoms with E-state index in [0.717, 1.165) is 11.3 Å². The van der Waals surface area contributed by atoms with Crippen LogP contribution in [0.15, 0.2) is 72.9 Å². The van der Waals surface area contributed by atoms with Gasteiger partial charge in [-0.05, 0) is 30.2 Å². The monoisotopic (exact) mass is 391 g/mol. The molecular weight excluding hydrogens is 370 g/mol.